The van der Waals surface area contributed by atoms with Crippen LogP contribution in [-0.4, -0.2) is 30.2 Å². The zero-order chi connectivity index (χ0) is 47.5. The Balaban J connectivity index is 1.05. The first-order chi connectivity index (χ1) is 35.6. The van der Waals surface area contributed by atoms with E-state index >= 15 is 0 Å². The van der Waals surface area contributed by atoms with Crippen LogP contribution in [0.5, 0.6) is 5.75 Å². The van der Waals surface area contributed by atoms with Crippen molar-refractivity contribution in [2.24, 2.45) is 0 Å². The Bertz CT molecular complexity index is 4380. The molecule has 2 unspecified atom stereocenters. The SMILES string of the molecule is CC12c3ccccc3C=CC1Oc1c2ccc(-c2nc(-c3ccc(-c4ccccc4)cc3)nc(-c3cccc4c5ccccc5n(-c5ccccc5)c34)n2)c1-n1c2ccccc2c2cc3ccccc3cc21. The lowest BCUT2D eigenvalue weighted by atomic mass is 9.69. The Kier molecular flexibility index (Phi) is 8.75. The van der Waals surface area contributed by atoms with Crippen molar-refractivity contribution in [1.82, 2.24) is 24.1 Å². The minimum absolute atomic E-state index is 0.240. The number of rotatable bonds is 6. The molecule has 2 atom stereocenters. The van der Waals surface area contributed by atoms with Crippen LogP contribution in [-0.2, 0) is 5.41 Å². The standard InChI is InChI=1S/C66H43N5O/c1-66-54-28-13-10-19-43(54)35-38-59(66)72-62-55(66)37-36-52(61(62)71-57-30-15-12-25-49(57)53-39-45-20-8-9-21-46(45)40-58(53)71)65-68-63(44-33-31-42(32-34-44)41-17-4-2-5-18-41)67-64(69-65)51-27-16-26-50-48-24-11-14-29-56(48)70(60(50)51)47-22-6-3-7-23-47/h2-40,59H,1H3. The molecular formula is C66H43N5O. The topological polar surface area (TPSA) is 57.8 Å². The number of hydrogen-bond acceptors (Lipinski definition) is 4. The van der Waals surface area contributed by atoms with E-state index in [1.807, 2.05) is 6.07 Å². The first-order valence-corrected chi connectivity index (χ1v) is 24.6. The molecule has 0 radical (unpaired) electrons. The largest absolute Gasteiger partial charge is 0.483 e. The number of fused-ring (bicyclic) bond motifs is 12. The van der Waals surface area contributed by atoms with Crippen molar-refractivity contribution in [1.29, 1.82) is 0 Å². The molecule has 0 spiro atoms. The molecule has 2 aliphatic rings. The second kappa shape index (κ2) is 15.6. The third kappa shape index (κ3) is 5.93. The van der Waals surface area contributed by atoms with Gasteiger partial charge in [0.25, 0.3) is 0 Å². The van der Waals surface area contributed by atoms with E-state index in [9.17, 15) is 0 Å². The van der Waals surface area contributed by atoms with E-state index in [0.29, 0.717) is 17.5 Å². The van der Waals surface area contributed by atoms with Gasteiger partial charge >= 0.3 is 0 Å². The van der Waals surface area contributed by atoms with Crippen LogP contribution < -0.4 is 4.74 Å². The minimum Gasteiger partial charge on any atom is -0.483 e. The van der Waals surface area contributed by atoms with Crippen molar-refractivity contribution in [2.75, 3.05) is 0 Å². The van der Waals surface area contributed by atoms with Crippen LogP contribution in [0.25, 0.3) is 117 Å². The fraction of sp³-hybridized carbons (Fsp3) is 0.0455. The Labute approximate surface area is 415 Å². The summed E-state index contributed by atoms with van der Waals surface area (Å²) in [5, 5.41) is 6.95. The van der Waals surface area contributed by atoms with Crippen LogP contribution in [0.1, 0.15) is 23.6 Å². The van der Waals surface area contributed by atoms with Gasteiger partial charge in [-0.25, -0.2) is 15.0 Å². The van der Waals surface area contributed by atoms with Crippen LogP contribution in [0, 0.1) is 0 Å². The molecule has 4 heterocycles. The van der Waals surface area contributed by atoms with E-state index in [0.717, 1.165) is 99.5 Å². The zero-order valence-corrected chi connectivity index (χ0v) is 39.2. The lowest BCUT2D eigenvalue weighted by Gasteiger charge is -2.33. The fourth-order valence-corrected chi connectivity index (χ4v) is 11.9. The van der Waals surface area contributed by atoms with E-state index in [-0.39, 0.29) is 6.10 Å². The molecular weight excluding hydrogens is 879 g/mol. The number of benzene rings is 10. The molecule has 0 saturated heterocycles. The van der Waals surface area contributed by atoms with E-state index < -0.39 is 5.41 Å². The summed E-state index contributed by atoms with van der Waals surface area (Å²) in [6.07, 6.45) is 4.20. The third-order valence-electron chi connectivity index (χ3n) is 15.3. The second-order valence-electron chi connectivity index (χ2n) is 19.2. The normalized spacial score (nSPS) is 15.8. The molecule has 0 bridgehead atoms. The number of ether oxygens (including phenoxy) is 1. The molecule has 72 heavy (non-hydrogen) atoms. The lowest BCUT2D eigenvalue weighted by molar-refractivity contribution is 0.224. The minimum atomic E-state index is -0.462. The molecule has 338 valence electrons. The molecule has 0 saturated carbocycles. The number of para-hydroxylation sites is 4. The number of nitrogens with zero attached hydrogens (tertiary/aromatic N) is 5. The maximum atomic E-state index is 7.43. The summed E-state index contributed by atoms with van der Waals surface area (Å²) >= 11 is 0. The highest BCUT2D eigenvalue weighted by molar-refractivity contribution is 6.15. The predicted molar refractivity (Wildman–Crippen MR) is 294 cm³/mol. The van der Waals surface area contributed by atoms with Gasteiger partial charge in [0, 0.05) is 49.5 Å². The molecule has 13 aromatic rings. The van der Waals surface area contributed by atoms with Crippen LogP contribution >= 0.6 is 0 Å². The van der Waals surface area contributed by atoms with Gasteiger partial charge in [0.1, 0.15) is 11.9 Å². The average molecular weight is 922 g/mol. The summed E-state index contributed by atoms with van der Waals surface area (Å²) in [5.74, 6) is 2.52. The van der Waals surface area contributed by atoms with Crippen LogP contribution in [0.4, 0.5) is 0 Å². The first-order valence-electron chi connectivity index (χ1n) is 24.6. The first kappa shape index (κ1) is 40.5. The molecule has 0 N–H and O–H groups in total. The molecule has 6 heteroatoms. The monoisotopic (exact) mass is 921 g/mol. The average Bonchev–Trinajstić information content (AvgIpc) is 4.07. The molecule has 0 amide bonds. The molecule has 10 aromatic carbocycles. The van der Waals surface area contributed by atoms with Crippen LogP contribution in [0.15, 0.2) is 231 Å². The van der Waals surface area contributed by atoms with Crippen molar-refractivity contribution < 1.29 is 4.74 Å². The van der Waals surface area contributed by atoms with Gasteiger partial charge in [-0.1, -0.05) is 182 Å². The van der Waals surface area contributed by atoms with Gasteiger partial charge in [-0.15, -0.1) is 0 Å². The maximum Gasteiger partial charge on any atom is 0.166 e. The molecule has 1 aliphatic carbocycles. The van der Waals surface area contributed by atoms with E-state index in [2.05, 4.69) is 247 Å². The summed E-state index contributed by atoms with van der Waals surface area (Å²) in [7, 11) is 0. The van der Waals surface area contributed by atoms with Crippen molar-refractivity contribution in [3.8, 4) is 62.4 Å². The quantitative estimate of drug-likeness (QED) is 0.167. The van der Waals surface area contributed by atoms with Crippen LogP contribution in [0.3, 0.4) is 0 Å². The van der Waals surface area contributed by atoms with Crippen molar-refractivity contribution in [3.63, 3.8) is 0 Å². The Morgan fingerprint density at radius 1 is 0.431 bits per heavy atom. The summed E-state index contributed by atoms with van der Waals surface area (Å²) in [6.45, 7) is 2.33. The second-order valence-corrected chi connectivity index (χ2v) is 19.2. The van der Waals surface area contributed by atoms with Crippen molar-refractivity contribution in [2.45, 2.75) is 18.4 Å². The van der Waals surface area contributed by atoms with E-state index in [1.165, 1.54) is 16.5 Å². The van der Waals surface area contributed by atoms with Gasteiger partial charge in [0.05, 0.1) is 33.2 Å². The summed E-state index contributed by atoms with van der Waals surface area (Å²) in [6, 6.07) is 80.0. The lowest BCUT2D eigenvalue weighted by Crippen LogP contribution is -2.37. The van der Waals surface area contributed by atoms with E-state index in [1.54, 1.807) is 0 Å². The van der Waals surface area contributed by atoms with Gasteiger partial charge in [-0.2, -0.15) is 0 Å². The Morgan fingerprint density at radius 3 is 1.82 bits per heavy atom. The number of aromatic nitrogens is 5. The van der Waals surface area contributed by atoms with Crippen molar-refractivity contribution in [3.05, 3.63) is 247 Å². The Hall–Kier alpha value is -9.39. The van der Waals surface area contributed by atoms with Gasteiger partial charge in [-0.05, 0) is 94.6 Å². The summed E-state index contributed by atoms with van der Waals surface area (Å²) in [5.41, 5.74) is 14.2. The van der Waals surface area contributed by atoms with Crippen LogP contribution in [0.2, 0.25) is 0 Å². The van der Waals surface area contributed by atoms with Gasteiger partial charge in [0.2, 0.25) is 0 Å². The molecule has 1 aliphatic heterocycles. The maximum absolute atomic E-state index is 7.43. The van der Waals surface area contributed by atoms with Gasteiger partial charge < -0.3 is 13.9 Å². The van der Waals surface area contributed by atoms with E-state index in [4.69, 9.17) is 19.7 Å². The highest BCUT2D eigenvalue weighted by Gasteiger charge is 2.49. The summed E-state index contributed by atoms with van der Waals surface area (Å²) in [4.78, 5) is 16.7. The molecule has 0 fully saturated rings. The molecule has 3 aromatic heterocycles. The van der Waals surface area contributed by atoms with Crippen molar-refractivity contribution >= 4 is 60.5 Å². The summed E-state index contributed by atoms with van der Waals surface area (Å²) < 4.78 is 12.2. The highest BCUT2D eigenvalue weighted by atomic mass is 16.5. The third-order valence-corrected chi connectivity index (χ3v) is 15.3. The zero-order valence-electron chi connectivity index (χ0n) is 39.2. The fourth-order valence-electron chi connectivity index (χ4n) is 11.9. The Morgan fingerprint density at radius 2 is 1.03 bits per heavy atom. The predicted octanol–water partition coefficient (Wildman–Crippen LogP) is 16.0. The van der Waals surface area contributed by atoms with Gasteiger partial charge in [0.15, 0.2) is 17.5 Å². The molecule has 6 nitrogen and oxygen atoms in total. The van der Waals surface area contributed by atoms with Gasteiger partial charge in [-0.3, -0.25) is 0 Å². The number of hydrogen-bond donors (Lipinski definition) is 0. The highest BCUT2D eigenvalue weighted by Crippen LogP contribution is 2.55. The molecule has 15 rings (SSSR count). The smallest absolute Gasteiger partial charge is 0.166 e.